The van der Waals surface area contributed by atoms with Crippen LogP contribution in [0.4, 0.5) is 0 Å². The first kappa shape index (κ1) is 13.4. The second-order valence-corrected chi connectivity index (χ2v) is 5.47. The Balaban J connectivity index is 2.41. The maximum Gasteiger partial charge on any atom is 0.342 e. The molecule has 4 nitrogen and oxygen atoms in total. The Kier molecular flexibility index (Phi) is 3.76. The van der Waals surface area contributed by atoms with Crippen molar-refractivity contribution in [3.8, 4) is 11.5 Å². The van der Waals surface area contributed by atoms with Crippen LogP contribution in [0.2, 0.25) is 0 Å². The minimum absolute atomic E-state index is 0.0146. The van der Waals surface area contributed by atoms with Gasteiger partial charge in [0.2, 0.25) is 0 Å². The van der Waals surface area contributed by atoms with E-state index in [1.165, 1.54) is 13.2 Å². The Labute approximate surface area is 112 Å². The summed E-state index contributed by atoms with van der Waals surface area (Å²) in [5, 5.41) is 0. The molecule has 0 aliphatic carbocycles. The van der Waals surface area contributed by atoms with Crippen LogP contribution in [0.1, 0.15) is 5.56 Å². The van der Waals surface area contributed by atoms with Crippen molar-refractivity contribution < 1.29 is 17.3 Å². The predicted molar refractivity (Wildman–Crippen MR) is 72.0 cm³/mol. The molecule has 2 rings (SSSR count). The molecular formula is C14H14O4S. The van der Waals surface area contributed by atoms with Crippen LogP contribution in [-0.4, -0.2) is 15.5 Å². The van der Waals surface area contributed by atoms with Crippen LogP contribution in [-0.2, 0) is 10.1 Å². The van der Waals surface area contributed by atoms with Gasteiger partial charge in [-0.25, -0.2) is 0 Å². The Hall–Kier alpha value is -2.01. The standard InChI is InChI=1S/C14H14O4S/c1-11-7-3-4-8-12(11)18-19(15,16)14-10-6-5-9-13(14)17-2/h3-10H,1-2H3. The third-order valence-corrected chi connectivity index (χ3v) is 3.91. The fourth-order valence-electron chi connectivity index (χ4n) is 1.64. The van der Waals surface area contributed by atoms with Gasteiger partial charge in [0.05, 0.1) is 7.11 Å². The van der Waals surface area contributed by atoms with E-state index in [2.05, 4.69) is 0 Å². The molecule has 19 heavy (non-hydrogen) atoms. The molecule has 0 radical (unpaired) electrons. The molecule has 0 aliphatic heterocycles. The zero-order valence-corrected chi connectivity index (χ0v) is 11.5. The molecule has 0 spiro atoms. The zero-order valence-electron chi connectivity index (χ0n) is 10.7. The van der Waals surface area contributed by atoms with Gasteiger partial charge in [0.25, 0.3) is 0 Å². The maximum atomic E-state index is 12.2. The summed E-state index contributed by atoms with van der Waals surface area (Å²) in [6, 6.07) is 13.3. The summed E-state index contributed by atoms with van der Waals surface area (Å²) in [5.41, 5.74) is 0.751. The number of methoxy groups -OCH3 is 1. The molecule has 0 bridgehead atoms. The van der Waals surface area contributed by atoms with Gasteiger partial charge in [-0.05, 0) is 30.7 Å². The van der Waals surface area contributed by atoms with E-state index in [1.54, 1.807) is 43.3 Å². The second kappa shape index (κ2) is 5.32. The smallest absolute Gasteiger partial charge is 0.342 e. The summed E-state index contributed by atoms with van der Waals surface area (Å²) in [4.78, 5) is 0.0146. The molecule has 0 saturated heterocycles. The number of rotatable bonds is 4. The summed E-state index contributed by atoms with van der Waals surface area (Å²) in [5.74, 6) is 0.574. The van der Waals surface area contributed by atoms with E-state index in [0.717, 1.165) is 5.56 Å². The van der Waals surface area contributed by atoms with E-state index in [0.29, 0.717) is 5.75 Å². The first-order valence-corrected chi connectivity index (χ1v) is 7.08. The highest BCUT2D eigenvalue weighted by molar-refractivity contribution is 7.87. The monoisotopic (exact) mass is 278 g/mol. The molecule has 0 N–H and O–H groups in total. The first-order valence-electron chi connectivity index (χ1n) is 5.68. The lowest BCUT2D eigenvalue weighted by Crippen LogP contribution is -2.11. The van der Waals surface area contributed by atoms with Crippen molar-refractivity contribution in [2.45, 2.75) is 11.8 Å². The van der Waals surface area contributed by atoms with Crippen LogP contribution in [0, 0.1) is 6.92 Å². The highest BCUT2D eigenvalue weighted by Crippen LogP contribution is 2.27. The largest absolute Gasteiger partial charge is 0.495 e. The molecule has 0 unspecified atom stereocenters. The Morgan fingerprint density at radius 2 is 1.47 bits per heavy atom. The quantitative estimate of drug-likeness (QED) is 0.807. The molecular weight excluding hydrogens is 264 g/mol. The first-order chi connectivity index (χ1) is 9.04. The lowest BCUT2D eigenvalue weighted by Gasteiger charge is -2.11. The van der Waals surface area contributed by atoms with E-state index < -0.39 is 10.1 Å². The molecule has 0 saturated carbocycles. The normalized spacial score (nSPS) is 11.1. The van der Waals surface area contributed by atoms with Gasteiger partial charge < -0.3 is 8.92 Å². The SMILES string of the molecule is COc1ccccc1S(=O)(=O)Oc1ccccc1C. The number of aryl methyl sites for hydroxylation is 1. The van der Waals surface area contributed by atoms with Gasteiger partial charge in [-0.1, -0.05) is 30.3 Å². The van der Waals surface area contributed by atoms with Crippen molar-refractivity contribution in [1.29, 1.82) is 0 Å². The zero-order chi connectivity index (χ0) is 13.9. The van der Waals surface area contributed by atoms with Crippen molar-refractivity contribution in [1.82, 2.24) is 0 Å². The van der Waals surface area contributed by atoms with Gasteiger partial charge in [0, 0.05) is 0 Å². The van der Waals surface area contributed by atoms with Gasteiger partial charge >= 0.3 is 10.1 Å². The van der Waals surface area contributed by atoms with Crippen molar-refractivity contribution >= 4 is 10.1 Å². The lowest BCUT2D eigenvalue weighted by atomic mass is 10.2. The van der Waals surface area contributed by atoms with E-state index >= 15 is 0 Å². The second-order valence-electron chi connectivity index (χ2n) is 3.95. The van der Waals surface area contributed by atoms with Gasteiger partial charge in [0.15, 0.2) is 0 Å². The minimum atomic E-state index is -3.90. The average Bonchev–Trinajstić information content (AvgIpc) is 2.41. The topological polar surface area (TPSA) is 52.6 Å². The van der Waals surface area contributed by atoms with Gasteiger partial charge in [0.1, 0.15) is 16.4 Å². The molecule has 0 aromatic heterocycles. The minimum Gasteiger partial charge on any atom is -0.495 e. The van der Waals surface area contributed by atoms with Gasteiger partial charge in [-0.2, -0.15) is 8.42 Å². The van der Waals surface area contributed by atoms with Crippen LogP contribution in [0.3, 0.4) is 0 Å². The highest BCUT2D eigenvalue weighted by Gasteiger charge is 2.21. The van der Waals surface area contributed by atoms with Crippen LogP contribution in [0.5, 0.6) is 11.5 Å². The highest BCUT2D eigenvalue weighted by atomic mass is 32.2. The number of hydrogen-bond acceptors (Lipinski definition) is 4. The summed E-state index contributed by atoms with van der Waals surface area (Å²) >= 11 is 0. The summed E-state index contributed by atoms with van der Waals surface area (Å²) in [6.45, 7) is 1.78. The number of para-hydroxylation sites is 2. The number of ether oxygens (including phenoxy) is 1. The van der Waals surface area contributed by atoms with Gasteiger partial charge in [-0.3, -0.25) is 0 Å². The van der Waals surface area contributed by atoms with E-state index in [-0.39, 0.29) is 10.6 Å². The van der Waals surface area contributed by atoms with Crippen LogP contribution >= 0.6 is 0 Å². The van der Waals surface area contributed by atoms with Crippen LogP contribution in [0.25, 0.3) is 0 Å². The van der Waals surface area contributed by atoms with Crippen molar-refractivity contribution in [3.05, 3.63) is 54.1 Å². The fraction of sp³-hybridized carbons (Fsp3) is 0.143. The molecule has 5 heteroatoms. The fourth-order valence-corrected chi connectivity index (χ4v) is 2.79. The molecule has 0 heterocycles. The summed E-state index contributed by atoms with van der Waals surface area (Å²) in [6.07, 6.45) is 0. The molecule has 0 amide bonds. The van der Waals surface area contributed by atoms with Crippen LogP contribution in [0.15, 0.2) is 53.4 Å². The number of benzene rings is 2. The van der Waals surface area contributed by atoms with Gasteiger partial charge in [-0.15, -0.1) is 0 Å². The molecule has 2 aromatic rings. The molecule has 0 aliphatic rings. The number of hydrogen-bond donors (Lipinski definition) is 0. The maximum absolute atomic E-state index is 12.2. The van der Waals surface area contributed by atoms with Crippen molar-refractivity contribution in [2.24, 2.45) is 0 Å². The molecule has 0 atom stereocenters. The van der Waals surface area contributed by atoms with Crippen LogP contribution < -0.4 is 8.92 Å². The Bertz CT molecular complexity index is 677. The predicted octanol–water partition coefficient (Wildman–Crippen LogP) is 2.77. The average molecular weight is 278 g/mol. The van der Waals surface area contributed by atoms with E-state index in [1.807, 2.05) is 6.07 Å². The molecule has 100 valence electrons. The Morgan fingerprint density at radius 3 is 2.11 bits per heavy atom. The lowest BCUT2D eigenvalue weighted by molar-refractivity contribution is 0.398. The van der Waals surface area contributed by atoms with E-state index in [9.17, 15) is 8.42 Å². The summed E-state index contributed by atoms with van der Waals surface area (Å²) in [7, 11) is -2.48. The molecule has 0 fully saturated rings. The third-order valence-electron chi connectivity index (χ3n) is 2.63. The molecule has 2 aromatic carbocycles. The van der Waals surface area contributed by atoms with Crippen molar-refractivity contribution in [3.63, 3.8) is 0 Å². The Morgan fingerprint density at radius 1 is 0.895 bits per heavy atom. The van der Waals surface area contributed by atoms with E-state index in [4.69, 9.17) is 8.92 Å². The summed E-state index contributed by atoms with van der Waals surface area (Å²) < 4.78 is 34.7. The van der Waals surface area contributed by atoms with Crippen molar-refractivity contribution in [2.75, 3.05) is 7.11 Å². The third kappa shape index (κ3) is 2.88.